The molecule has 3 heterocycles. The van der Waals surface area contributed by atoms with Crippen LogP contribution < -0.4 is 0 Å². The van der Waals surface area contributed by atoms with Gasteiger partial charge in [-0.15, -0.1) is 0 Å². The van der Waals surface area contributed by atoms with E-state index in [0.29, 0.717) is 18.3 Å². The lowest BCUT2D eigenvalue weighted by molar-refractivity contribution is 0.0671. The molecule has 26 heavy (non-hydrogen) atoms. The molecule has 0 bridgehead atoms. The summed E-state index contributed by atoms with van der Waals surface area (Å²) in [7, 11) is 0. The largest absolute Gasteiger partial charge is 0.335 e. The maximum Gasteiger partial charge on any atom is 0.274 e. The van der Waals surface area contributed by atoms with Gasteiger partial charge in [-0.2, -0.15) is 5.10 Å². The second kappa shape index (κ2) is 7.15. The lowest BCUT2D eigenvalue weighted by Gasteiger charge is -2.33. The van der Waals surface area contributed by atoms with Gasteiger partial charge in [0.25, 0.3) is 5.91 Å². The first-order valence-electron chi connectivity index (χ1n) is 9.18. The SMILES string of the molecule is CCc1nccn1[C@H]1CCCN(C(=O)c2ccn(-c3ccccc3)n2)C1. The molecule has 1 saturated heterocycles. The fourth-order valence-corrected chi connectivity index (χ4v) is 3.64. The molecule has 2 aromatic heterocycles. The molecule has 1 atom stereocenters. The van der Waals surface area contributed by atoms with Crippen molar-refractivity contribution in [3.8, 4) is 5.69 Å². The van der Waals surface area contributed by atoms with Gasteiger partial charge in [0, 0.05) is 38.1 Å². The number of para-hydroxylation sites is 1. The number of rotatable bonds is 4. The number of nitrogens with zero attached hydrogens (tertiary/aromatic N) is 5. The van der Waals surface area contributed by atoms with Gasteiger partial charge in [-0.25, -0.2) is 9.67 Å². The van der Waals surface area contributed by atoms with Gasteiger partial charge in [0.05, 0.1) is 11.7 Å². The van der Waals surface area contributed by atoms with Gasteiger partial charge in [0.1, 0.15) is 5.82 Å². The zero-order chi connectivity index (χ0) is 17.9. The average molecular weight is 349 g/mol. The van der Waals surface area contributed by atoms with Gasteiger partial charge in [0.15, 0.2) is 5.69 Å². The molecule has 0 unspecified atom stereocenters. The van der Waals surface area contributed by atoms with E-state index in [1.807, 2.05) is 53.8 Å². The predicted molar refractivity (Wildman–Crippen MR) is 99.3 cm³/mol. The van der Waals surface area contributed by atoms with E-state index < -0.39 is 0 Å². The van der Waals surface area contributed by atoms with Gasteiger partial charge >= 0.3 is 0 Å². The van der Waals surface area contributed by atoms with Gasteiger partial charge in [0.2, 0.25) is 0 Å². The number of amides is 1. The van der Waals surface area contributed by atoms with Crippen LogP contribution >= 0.6 is 0 Å². The zero-order valence-electron chi connectivity index (χ0n) is 15.0. The zero-order valence-corrected chi connectivity index (χ0v) is 15.0. The van der Waals surface area contributed by atoms with Crippen LogP contribution in [-0.2, 0) is 6.42 Å². The smallest absolute Gasteiger partial charge is 0.274 e. The lowest BCUT2D eigenvalue weighted by Crippen LogP contribution is -2.41. The predicted octanol–water partition coefficient (Wildman–Crippen LogP) is 3.11. The molecule has 1 aromatic carbocycles. The first-order chi connectivity index (χ1) is 12.8. The van der Waals surface area contributed by atoms with E-state index in [2.05, 4.69) is 21.6 Å². The van der Waals surface area contributed by atoms with Crippen LogP contribution in [0, 0.1) is 0 Å². The van der Waals surface area contributed by atoms with Gasteiger partial charge in [-0.3, -0.25) is 4.79 Å². The fraction of sp³-hybridized carbons (Fsp3) is 0.350. The Labute approximate surface area is 153 Å². The Morgan fingerprint density at radius 2 is 2.04 bits per heavy atom. The van der Waals surface area contributed by atoms with Crippen molar-refractivity contribution in [1.29, 1.82) is 0 Å². The molecule has 6 heteroatoms. The topological polar surface area (TPSA) is 56.0 Å². The summed E-state index contributed by atoms with van der Waals surface area (Å²) >= 11 is 0. The molecule has 4 rings (SSSR count). The summed E-state index contributed by atoms with van der Waals surface area (Å²) in [5, 5.41) is 4.48. The summed E-state index contributed by atoms with van der Waals surface area (Å²) in [6, 6.07) is 11.9. The monoisotopic (exact) mass is 349 g/mol. The quantitative estimate of drug-likeness (QED) is 0.727. The van der Waals surface area contributed by atoms with Crippen molar-refractivity contribution in [2.75, 3.05) is 13.1 Å². The fourth-order valence-electron chi connectivity index (χ4n) is 3.64. The molecular weight excluding hydrogens is 326 g/mol. The van der Waals surface area contributed by atoms with E-state index in [-0.39, 0.29) is 5.91 Å². The molecule has 1 amide bonds. The number of hydrogen-bond donors (Lipinski definition) is 0. The first-order valence-corrected chi connectivity index (χ1v) is 9.18. The van der Waals surface area contributed by atoms with Crippen molar-refractivity contribution in [3.05, 3.63) is 66.5 Å². The first kappa shape index (κ1) is 16.6. The second-order valence-electron chi connectivity index (χ2n) is 6.63. The Hall–Kier alpha value is -2.89. The van der Waals surface area contributed by atoms with Crippen molar-refractivity contribution in [1.82, 2.24) is 24.2 Å². The molecule has 134 valence electrons. The van der Waals surface area contributed by atoms with Gasteiger partial charge in [-0.1, -0.05) is 25.1 Å². The van der Waals surface area contributed by atoms with Crippen LogP contribution in [0.4, 0.5) is 0 Å². The Kier molecular flexibility index (Phi) is 4.56. The molecule has 1 aliphatic rings. The van der Waals surface area contributed by atoms with Crippen molar-refractivity contribution in [3.63, 3.8) is 0 Å². The standard InChI is InChI=1S/C20H23N5O/c1-2-19-21-11-14-24(19)17-9-6-12-23(15-17)20(26)18-10-13-25(22-18)16-7-4-3-5-8-16/h3-5,7-8,10-11,13-14,17H,2,6,9,12,15H2,1H3/t17-/m0/s1. The molecule has 3 aromatic rings. The molecule has 6 nitrogen and oxygen atoms in total. The highest BCUT2D eigenvalue weighted by Crippen LogP contribution is 2.24. The van der Waals surface area contributed by atoms with Crippen molar-refractivity contribution in [2.45, 2.75) is 32.2 Å². The third-order valence-electron chi connectivity index (χ3n) is 4.97. The van der Waals surface area contributed by atoms with Crippen LogP contribution in [-0.4, -0.2) is 43.2 Å². The number of hydrogen-bond acceptors (Lipinski definition) is 3. The van der Waals surface area contributed by atoms with Gasteiger partial charge in [-0.05, 0) is 31.0 Å². The molecule has 0 N–H and O–H groups in total. The lowest BCUT2D eigenvalue weighted by atomic mass is 10.0. The molecule has 0 spiro atoms. The third kappa shape index (κ3) is 3.14. The van der Waals surface area contributed by atoms with Crippen molar-refractivity contribution >= 4 is 5.91 Å². The minimum Gasteiger partial charge on any atom is -0.335 e. The number of benzene rings is 1. The van der Waals surface area contributed by atoms with Crippen LogP contribution in [0.2, 0.25) is 0 Å². The normalized spacial score (nSPS) is 17.4. The van der Waals surface area contributed by atoms with Crippen LogP contribution in [0.5, 0.6) is 0 Å². The summed E-state index contributed by atoms with van der Waals surface area (Å²) in [5.74, 6) is 1.08. The van der Waals surface area contributed by atoms with Crippen LogP contribution in [0.15, 0.2) is 55.0 Å². The maximum atomic E-state index is 12.9. The van der Waals surface area contributed by atoms with E-state index in [1.54, 1.807) is 10.7 Å². The Balaban J connectivity index is 1.50. The number of carbonyl (C=O) groups is 1. The van der Waals surface area contributed by atoms with Crippen LogP contribution in [0.25, 0.3) is 5.69 Å². The Morgan fingerprint density at radius 3 is 2.85 bits per heavy atom. The summed E-state index contributed by atoms with van der Waals surface area (Å²) in [6.07, 6.45) is 8.69. The highest BCUT2D eigenvalue weighted by Gasteiger charge is 2.27. The minimum absolute atomic E-state index is 0.00236. The van der Waals surface area contributed by atoms with E-state index in [4.69, 9.17) is 0 Å². The highest BCUT2D eigenvalue weighted by molar-refractivity contribution is 5.92. The molecule has 0 aliphatic carbocycles. The Bertz CT molecular complexity index is 883. The third-order valence-corrected chi connectivity index (χ3v) is 4.97. The molecular formula is C20H23N5O. The molecule has 1 aliphatic heterocycles. The second-order valence-corrected chi connectivity index (χ2v) is 6.63. The van der Waals surface area contributed by atoms with Crippen molar-refractivity contribution in [2.24, 2.45) is 0 Å². The van der Waals surface area contributed by atoms with Crippen molar-refractivity contribution < 1.29 is 4.79 Å². The van der Waals surface area contributed by atoms with Crippen LogP contribution in [0.3, 0.4) is 0 Å². The summed E-state index contributed by atoms with van der Waals surface area (Å²) in [6.45, 7) is 3.60. The average Bonchev–Trinajstić information content (AvgIpc) is 3.37. The van der Waals surface area contributed by atoms with E-state index in [1.165, 1.54) is 0 Å². The number of aryl methyl sites for hydroxylation is 1. The maximum absolute atomic E-state index is 12.9. The van der Waals surface area contributed by atoms with Gasteiger partial charge < -0.3 is 9.47 Å². The molecule has 1 fully saturated rings. The van der Waals surface area contributed by atoms with E-state index in [0.717, 1.165) is 37.3 Å². The highest BCUT2D eigenvalue weighted by atomic mass is 16.2. The van der Waals surface area contributed by atoms with E-state index >= 15 is 0 Å². The summed E-state index contributed by atoms with van der Waals surface area (Å²) in [4.78, 5) is 19.3. The number of carbonyl (C=O) groups excluding carboxylic acids is 1. The number of imidazole rings is 1. The Morgan fingerprint density at radius 1 is 1.19 bits per heavy atom. The number of aromatic nitrogens is 4. The van der Waals surface area contributed by atoms with Crippen LogP contribution in [0.1, 0.15) is 42.1 Å². The van der Waals surface area contributed by atoms with E-state index in [9.17, 15) is 4.79 Å². The number of likely N-dealkylation sites (tertiary alicyclic amines) is 1. The summed E-state index contributed by atoms with van der Waals surface area (Å²) < 4.78 is 3.97. The number of piperidine rings is 1. The minimum atomic E-state index is 0.00236. The summed E-state index contributed by atoms with van der Waals surface area (Å²) in [5.41, 5.74) is 1.45. The molecule has 0 saturated carbocycles. The molecule has 0 radical (unpaired) electrons.